The van der Waals surface area contributed by atoms with Crippen molar-refractivity contribution in [3.63, 3.8) is 0 Å². The van der Waals surface area contributed by atoms with Crippen molar-refractivity contribution >= 4 is 59.1 Å². The molecule has 7 amide bonds. The van der Waals surface area contributed by atoms with E-state index < -0.39 is 121 Å². The number of carboxylic acids is 1. The fraction of sp³-hybridized carbons (Fsp3) is 0.705. The van der Waals surface area contributed by atoms with E-state index in [0.29, 0.717) is 50.9 Å². The number of Topliss-reactive ketones (excluding diaryl/α,β-unsaturated/α-hetero) is 1. The summed E-state index contributed by atoms with van der Waals surface area (Å²) in [5, 5.41) is 35.2. The SMILES string of the molecule is C[C@H](NC(=O)[C@@H](NC(=O)[C@@H](N)CCCCN)[C@@H](O)CN)C(=O)NCC(=O)N[C@H](CCCN)C(=O)N(C)[C@@H](C)C(=O)N[C@@H](Cc1cnc[nH]1)C(=O)N[C@@H](CCCCN)C(=O)CCC(CCCN=C(N)N)C(=O)O. The highest BCUT2D eigenvalue weighted by atomic mass is 16.4. The standard InChI is InChI=1S/C44H81N17O11/c1-25(56-41(69)36(34(63)21-48)60-39(67)29(49)11-4-6-16-45)37(65)54-23-35(64)57-31(13-8-18-47)42(70)61(3)26(2)38(66)59-32(20-28-22-52-24-55-28)40(68)58-30(12-5-7-17-46)33(62)15-14-27(43(71)72)10-9-19-53-44(50)51/h22,24-27,29-32,34,36,63H,4-21,23,45-49H2,1-3H3,(H,52,55)(H,54,65)(H,56,69)(H,57,64)(H,58,68)(H,59,66)(H,60,67)(H,71,72)(H4,50,51,53)/t25-,26-,27?,29-,30-,31+,32-,34-,36-/m0/s1. The summed E-state index contributed by atoms with van der Waals surface area (Å²) in [6.45, 7) is 2.68. The van der Waals surface area contributed by atoms with E-state index in [0.717, 1.165) is 4.90 Å². The molecule has 0 aliphatic rings. The number of carbonyl (C=O) groups is 9. The summed E-state index contributed by atoms with van der Waals surface area (Å²) in [6.07, 6.45) is 4.48. The first kappa shape index (κ1) is 63.7. The predicted molar refractivity (Wildman–Crippen MR) is 265 cm³/mol. The number of aliphatic imine (C=N–C) groups is 1. The Kier molecular flexibility index (Phi) is 30.9. The first-order valence-corrected chi connectivity index (χ1v) is 24.2. The van der Waals surface area contributed by atoms with Crippen LogP contribution in [-0.2, 0) is 49.6 Å². The zero-order chi connectivity index (χ0) is 54.3. The molecule has 1 heterocycles. The van der Waals surface area contributed by atoms with Gasteiger partial charge in [-0.2, -0.15) is 0 Å². The zero-order valence-electron chi connectivity index (χ0n) is 41.7. The molecular formula is C44H81N17O11. The topological polar surface area (TPSA) is 493 Å². The van der Waals surface area contributed by atoms with Crippen LogP contribution in [0.15, 0.2) is 17.5 Å². The third-order valence-electron chi connectivity index (χ3n) is 11.7. The van der Waals surface area contributed by atoms with Gasteiger partial charge in [-0.05, 0) is 97.7 Å². The first-order chi connectivity index (χ1) is 34.1. The van der Waals surface area contributed by atoms with Crippen molar-refractivity contribution in [1.29, 1.82) is 0 Å². The van der Waals surface area contributed by atoms with E-state index in [2.05, 4.69) is 46.9 Å². The largest absolute Gasteiger partial charge is 0.481 e. The Morgan fingerprint density at radius 3 is 1.93 bits per heavy atom. The molecule has 72 heavy (non-hydrogen) atoms. The van der Waals surface area contributed by atoms with Gasteiger partial charge in [-0.1, -0.05) is 6.42 Å². The van der Waals surface area contributed by atoms with Crippen molar-refractivity contribution < 1.29 is 53.4 Å². The molecule has 0 aliphatic carbocycles. The number of H-pyrrole nitrogens is 1. The van der Waals surface area contributed by atoms with Crippen LogP contribution in [0.4, 0.5) is 0 Å². The Bertz CT molecular complexity index is 1900. The summed E-state index contributed by atoms with van der Waals surface area (Å²) >= 11 is 0. The van der Waals surface area contributed by atoms with Crippen LogP contribution >= 0.6 is 0 Å². The van der Waals surface area contributed by atoms with E-state index in [4.69, 9.17) is 40.1 Å². The van der Waals surface area contributed by atoms with Crippen LogP contribution in [0, 0.1) is 5.92 Å². The summed E-state index contributed by atoms with van der Waals surface area (Å²) in [7, 11) is 1.31. The number of aliphatic hydroxyl groups is 1. The van der Waals surface area contributed by atoms with Gasteiger partial charge in [0.2, 0.25) is 41.4 Å². The highest BCUT2D eigenvalue weighted by molar-refractivity contribution is 5.97. The summed E-state index contributed by atoms with van der Waals surface area (Å²) in [6, 6.07) is -8.68. The Balaban J connectivity index is 3.10. The van der Waals surface area contributed by atoms with Gasteiger partial charge in [0.25, 0.3) is 0 Å². The number of likely N-dealkylation sites (N-methyl/N-ethyl adjacent to an activating group) is 1. The van der Waals surface area contributed by atoms with Gasteiger partial charge in [-0.3, -0.25) is 48.1 Å². The van der Waals surface area contributed by atoms with Crippen LogP contribution in [0.25, 0.3) is 0 Å². The van der Waals surface area contributed by atoms with Crippen LogP contribution < -0.4 is 72.0 Å². The lowest BCUT2D eigenvalue weighted by Gasteiger charge is -2.30. The van der Waals surface area contributed by atoms with Crippen molar-refractivity contribution in [1.82, 2.24) is 46.8 Å². The van der Waals surface area contributed by atoms with Gasteiger partial charge in [0.05, 0.1) is 37.0 Å². The summed E-state index contributed by atoms with van der Waals surface area (Å²) in [4.78, 5) is 131. The molecule has 0 radical (unpaired) electrons. The number of aliphatic hydroxyl groups excluding tert-OH is 1. The Morgan fingerprint density at radius 1 is 0.722 bits per heavy atom. The third kappa shape index (κ3) is 24.2. The number of hydrogen-bond acceptors (Lipinski definition) is 17. The number of ketones is 1. The van der Waals surface area contributed by atoms with Crippen LogP contribution in [0.5, 0.6) is 0 Å². The number of imidazole rings is 1. The maximum absolute atomic E-state index is 14.0. The highest BCUT2D eigenvalue weighted by Crippen LogP contribution is 2.17. The molecule has 0 bridgehead atoms. The van der Waals surface area contributed by atoms with Crippen LogP contribution in [-0.4, -0.2) is 179 Å². The quantitative estimate of drug-likeness (QED) is 0.0167. The van der Waals surface area contributed by atoms with Crippen LogP contribution in [0.1, 0.15) is 96.6 Å². The molecule has 1 aromatic heterocycles. The second-order valence-corrected chi connectivity index (χ2v) is 17.5. The lowest BCUT2D eigenvalue weighted by Crippen LogP contribution is -2.60. The van der Waals surface area contributed by atoms with E-state index in [-0.39, 0.29) is 70.4 Å². The van der Waals surface area contributed by atoms with Crippen molar-refractivity contribution in [2.75, 3.05) is 46.3 Å². The number of carbonyl (C=O) groups excluding carboxylic acids is 8. The molecule has 0 aliphatic heterocycles. The average molecular weight is 1020 g/mol. The Hall–Kier alpha value is -6.33. The van der Waals surface area contributed by atoms with E-state index in [1.165, 1.54) is 33.4 Å². The Labute approximate surface area is 419 Å². The molecule has 0 fully saturated rings. The Morgan fingerprint density at radius 2 is 1.35 bits per heavy atom. The molecule has 23 N–H and O–H groups in total. The molecule has 0 saturated carbocycles. The minimum Gasteiger partial charge on any atom is -0.481 e. The normalized spacial score (nSPS) is 14.8. The smallest absolute Gasteiger partial charge is 0.306 e. The molecule has 1 aromatic rings. The van der Waals surface area contributed by atoms with Gasteiger partial charge in [0.15, 0.2) is 11.7 Å². The number of guanidine groups is 1. The fourth-order valence-corrected chi connectivity index (χ4v) is 7.12. The molecule has 9 atom stereocenters. The molecular weight excluding hydrogens is 943 g/mol. The second-order valence-electron chi connectivity index (χ2n) is 17.5. The number of nitrogens with two attached hydrogens (primary N) is 7. The molecule has 408 valence electrons. The molecule has 1 unspecified atom stereocenters. The van der Waals surface area contributed by atoms with Gasteiger partial charge in [-0.25, -0.2) is 4.98 Å². The number of unbranched alkanes of at least 4 members (excludes halogenated alkanes) is 2. The van der Waals surface area contributed by atoms with Gasteiger partial charge in [-0.15, -0.1) is 0 Å². The van der Waals surface area contributed by atoms with Gasteiger partial charge < -0.3 is 92.1 Å². The van der Waals surface area contributed by atoms with Gasteiger partial charge >= 0.3 is 5.97 Å². The lowest BCUT2D eigenvalue weighted by molar-refractivity contribution is -0.142. The van der Waals surface area contributed by atoms with E-state index in [9.17, 15) is 53.4 Å². The van der Waals surface area contributed by atoms with Crippen molar-refractivity contribution in [2.45, 2.75) is 146 Å². The number of aromatic amines is 1. The fourth-order valence-electron chi connectivity index (χ4n) is 7.12. The minimum atomic E-state index is -1.56. The molecule has 1 rings (SSSR count). The number of amides is 7. The van der Waals surface area contributed by atoms with Crippen molar-refractivity contribution in [3.8, 4) is 0 Å². The molecule has 28 nitrogen and oxygen atoms in total. The maximum atomic E-state index is 14.0. The second kappa shape index (κ2) is 34.9. The third-order valence-corrected chi connectivity index (χ3v) is 11.7. The van der Waals surface area contributed by atoms with Crippen molar-refractivity contribution in [3.05, 3.63) is 18.2 Å². The van der Waals surface area contributed by atoms with Crippen LogP contribution in [0.3, 0.4) is 0 Å². The first-order valence-electron chi connectivity index (χ1n) is 24.2. The molecule has 0 spiro atoms. The number of carboxylic acid groups (broad SMARTS) is 1. The van der Waals surface area contributed by atoms with Crippen molar-refractivity contribution in [2.24, 2.45) is 51.0 Å². The summed E-state index contributed by atoms with van der Waals surface area (Å²) in [5.74, 6) is -8.08. The molecule has 0 aromatic carbocycles. The van der Waals surface area contributed by atoms with Gasteiger partial charge in [0, 0.05) is 44.9 Å². The lowest BCUT2D eigenvalue weighted by atomic mass is 9.93. The number of nitrogens with one attached hydrogen (secondary N) is 7. The number of aromatic nitrogens is 2. The monoisotopic (exact) mass is 1020 g/mol. The minimum absolute atomic E-state index is 0.00885. The molecule has 28 heteroatoms. The number of aliphatic carboxylic acids is 1. The summed E-state index contributed by atoms with van der Waals surface area (Å²) < 4.78 is 0. The summed E-state index contributed by atoms with van der Waals surface area (Å²) in [5.41, 5.74) is 39.5. The van der Waals surface area contributed by atoms with Gasteiger partial charge in [0.1, 0.15) is 30.2 Å². The maximum Gasteiger partial charge on any atom is 0.306 e. The predicted octanol–water partition coefficient (Wildman–Crippen LogP) is -5.89. The average Bonchev–Trinajstić information content (AvgIpc) is 3.87. The zero-order valence-corrected chi connectivity index (χ0v) is 41.7. The number of hydrogen-bond donors (Lipinski definition) is 16. The van der Waals surface area contributed by atoms with E-state index in [1.54, 1.807) is 0 Å². The van der Waals surface area contributed by atoms with Crippen LogP contribution in [0.2, 0.25) is 0 Å². The number of rotatable bonds is 38. The highest BCUT2D eigenvalue weighted by Gasteiger charge is 2.35. The molecule has 0 saturated heterocycles. The van der Waals surface area contributed by atoms with E-state index in [1.807, 2.05) is 0 Å². The number of nitrogens with zero attached hydrogens (tertiary/aromatic N) is 3. The van der Waals surface area contributed by atoms with E-state index >= 15 is 0 Å².